The van der Waals surface area contributed by atoms with Gasteiger partial charge in [0.05, 0.1) is 11.3 Å². The second-order valence-electron chi connectivity index (χ2n) is 8.87. The lowest BCUT2D eigenvalue weighted by Crippen LogP contribution is -2.61. The molecule has 0 saturated heterocycles. The first-order valence-electron chi connectivity index (χ1n) is 10.0. The number of alkyl halides is 3. The third-order valence-corrected chi connectivity index (χ3v) is 7.04. The van der Waals surface area contributed by atoms with Crippen molar-refractivity contribution in [3.05, 3.63) is 17.3 Å². The van der Waals surface area contributed by atoms with Crippen molar-refractivity contribution in [2.75, 3.05) is 17.2 Å². The molecule has 2 atom stereocenters. The molecule has 4 aliphatic carbocycles. The van der Waals surface area contributed by atoms with E-state index in [4.69, 9.17) is 4.74 Å². The largest absolute Gasteiger partial charge is 0.490 e. The van der Waals surface area contributed by atoms with Crippen LogP contribution in [0.2, 0.25) is 0 Å². The summed E-state index contributed by atoms with van der Waals surface area (Å²) in [5.74, 6) is -0.773. The van der Waals surface area contributed by atoms with E-state index in [9.17, 15) is 23.2 Å². The molecule has 0 radical (unpaired) electrons. The van der Waals surface area contributed by atoms with Crippen LogP contribution >= 0.6 is 0 Å². The van der Waals surface area contributed by atoms with Gasteiger partial charge in [0.25, 0.3) is 0 Å². The zero-order valence-electron chi connectivity index (χ0n) is 15.7. The van der Waals surface area contributed by atoms with Gasteiger partial charge in [0, 0.05) is 24.3 Å². The van der Waals surface area contributed by atoms with E-state index in [0.717, 1.165) is 42.9 Å². The molecule has 4 saturated carbocycles. The number of carbonyl (C=O) groups is 1. The second-order valence-corrected chi connectivity index (χ2v) is 8.87. The summed E-state index contributed by atoms with van der Waals surface area (Å²) in [6, 6.07) is 2.26. The lowest BCUT2D eigenvalue weighted by atomic mass is 9.52. The van der Waals surface area contributed by atoms with E-state index < -0.39 is 17.7 Å². The average molecular weight is 406 g/mol. The summed E-state index contributed by atoms with van der Waals surface area (Å²) >= 11 is 0. The van der Waals surface area contributed by atoms with Crippen LogP contribution in [0.25, 0.3) is 0 Å². The van der Waals surface area contributed by atoms with Crippen LogP contribution in [0.3, 0.4) is 0 Å². The van der Waals surface area contributed by atoms with Crippen LogP contribution in [0.5, 0.6) is 0 Å². The number of ether oxygens (including phenoxy) is 1. The standard InChI is InChI=1S/C20H21F3N4O2/c21-20(22,23)18(28)29-19-5-10-3-11(6-19)15(12(4-10)7-19)27-16-13(8-24)9-26-17-14(16)1-2-25-17/h9-12,15H,1-7H2,(H2,25,26,27). The Balaban J connectivity index is 1.40. The number of nitriles is 1. The molecule has 9 heteroatoms. The fourth-order valence-electron chi connectivity index (χ4n) is 6.24. The lowest BCUT2D eigenvalue weighted by molar-refractivity contribution is -0.231. The van der Waals surface area contributed by atoms with Gasteiger partial charge in [0.1, 0.15) is 17.5 Å². The zero-order valence-corrected chi connectivity index (χ0v) is 15.7. The molecule has 0 spiro atoms. The molecular formula is C20H21F3N4O2. The molecule has 0 aromatic carbocycles. The second kappa shape index (κ2) is 6.25. The third-order valence-electron chi connectivity index (χ3n) is 7.04. The predicted molar refractivity (Wildman–Crippen MR) is 97.0 cm³/mol. The van der Waals surface area contributed by atoms with Gasteiger partial charge in [-0.05, 0) is 56.3 Å². The predicted octanol–water partition coefficient (Wildman–Crippen LogP) is 3.39. The summed E-state index contributed by atoms with van der Waals surface area (Å²) in [6.45, 7) is 0.766. The number of aromatic nitrogens is 1. The Morgan fingerprint density at radius 3 is 2.69 bits per heavy atom. The van der Waals surface area contributed by atoms with Crippen LogP contribution in [-0.4, -0.2) is 35.3 Å². The zero-order chi connectivity index (χ0) is 20.4. The minimum atomic E-state index is -4.97. The molecule has 0 amide bonds. The first kappa shape index (κ1) is 18.5. The van der Waals surface area contributed by atoms with Crippen molar-refractivity contribution >= 4 is 17.5 Å². The molecule has 4 bridgehead atoms. The average Bonchev–Trinajstić information content (AvgIpc) is 3.12. The number of pyridine rings is 1. The molecule has 4 fully saturated rings. The van der Waals surface area contributed by atoms with Gasteiger partial charge >= 0.3 is 12.1 Å². The SMILES string of the molecule is N#Cc1cnc2c(c1NC1C3CC4CC1CC(OC(=O)C(F)(F)F)(C4)C3)CCN2. The van der Waals surface area contributed by atoms with Crippen LogP contribution in [0.4, 0.5) is 24.7 Å². The van der Waals surface area contributed by atoms with Crippen molar-refractivity contribution in [2.45, 2.75) is 56.3 Å². The Morgan fingerprint density at radius 1 is 1.31 bits per heavy atom. The maximum atomic E-state index is 12.8. The molecule has 6 rings (SSSR count). The quantitative estimate of drug-likeness (QED) is 0.749. The summed E-state index contributed by atoms with van der Waals surface area (Å²) in [5.41, 5.74) is 1.28. The van der Waals surface area contributed by atoms with Gasteiger partial charge in [-0.3, -0.25) is 0 Å². The monoisotopic (exact) mass is 406 g/mol. The molecule has 1 aliphatic heterocycles. The molecular weight excluding hydrogens is 385 g/mol. The number of hydrogen-bond acceptors (Lipinski definition) is 6. The molecule has 2 heterocycles. The van der Waals surface area contributed by atoms with Crippen LogP contribution in [0, 0.1) is 29.1 Å². The lowest BCUT2D eigenvalue weighted by Gasteiger charge is -2.59. The highest BCUT2D eigenvalue weighted by atomic mass is 19.4. The molecule has 1 aromatic rings. The van der Waals surface area contributed by atoms with Gasteiger partial charge in [-0.15, -0.1) is 0 Å². The number of hydrogen-bond donors (Lipinski definition) is 2. The van der Waals surface area contributed by atoms with Crippen LogP contribution in [0.1, 0.15) is 43.2 Å². The van der Waals surface area contributed by atoms with Gasteiger partial charge < -0.3 is 15.4 Å². The number of carbonyl (C=O) groups excluding carboxylic acids is 1. The highest BCUT2D eigenvalue weighted by molar-refractivity contribution is 5.76. The Hall–Kier alpha value is -2.50. The van der Waals surface area contributed by atoms with E-state index in [1.165, 1.54) is 0 Å². The Labute approximate surface area is 165 Å². The van der Waals surface area contributed by atoms with Gasteiger partial charge in [-0.2, -0.15) is 18.4 Å². The Kier molecular flexibility index (Phi) is 3.99. The maximum absolute atomic E-state index is 12.8. The van der Waals surface area contributed by atoms with Crippen molar-refractivity contribution in [1.82, 2.24) is 4.98 Å². The number of anilines is 2. The third kappa shape index (κ3) is 3.00. The maximum Gasteiger partial charge on any atom is 0.490 e. The van der Waals surface area contributed by atoms with Crippen molar-refractivity contribution in [2.24, 2.45) is 17.8 Å². The highest BCUT2D eigenvalue weighted by Gasteiger charge is 2.59. The summed E-state index contributed by atoms with van der Waals surface area (Å²) in [6.07, 6.45) is 0.583. The minimum Gasteiger partial charge on any atom is -0.452 e. The Bertz CT molecular complexity index is 894. The van der Waals surface area contributed by atoms with Gasteiger partial charge in [0.2, 0.25) is 0 Å². The van der Waals surface area contributed by atoms with Crippen molar-refractivity contribution in [1.29, 1.82) is 5.26 Å². The van der Waals surface area contributed by atoms with Gasteiger partial charge in [-0.25, -0.2) is 9.78 Å². The van der Waals surface area contributed by atoms with Crippen molar-refractivity contribution in [3.63, 3.8) is 0 Å². The summed E-state index contributed by atoms with van der Waals surface area (Å²) in [7, 11) is 0. The molecule has 154 valence electrons. The van der Waals surface area contributed by atoms with Gasteiger partial charge in [0.15, 0.2) is 0 Å². The van der Waals surface area contributed by atoms with Crippen LogP contribution in [-0.2, 0) is 16.0 Å². The van der Waals surface area contributed by atoms with Crippen molar-refractivity contribution < 1.29 is 22.7 Å². The minimum absolute atomic E-state index is 0.0588. The number of rotatable bonds is 3. The molecule has 2 unspecified atom stereocenters. The van der Waals surface area contributed by atoms with E-state index >= 15 is 0 Å². The number of nitrogens with zero attached hydrogens (tertiary/aromatic N) is 2. The number of fused-ring (bicyclic) bond motifs is 1. The normalized spacial score (nSPS) is 34.3. The summed E-state index contributed by atoms with van der Waals surface area (Å²) in [5, 5.41) is 16.3. The smallest absolute Gasteiger partial charge is 0.452 e. The molecule has 2 N–H and O–H groups in total. The fourth-order valence-corrected chi connectivity index (χ4v) is 6.24. The first-order chi connectivity index (χ1) is 13.8. The van der Waals surface area contributed by atoms with Crippen LogP contribution in [0.15, 0.2) is 6.20 Å². The first-order valence-corrected chi connectivity index (χ1v) is 10.0. The number of halogens is 3. The molecule has 5 aliphatic rings. The van der Waals surface area contributed by atoms with E-state index in [-0.39, 0.29) is 23.8 Å². The summed E-state index contributed by atoms with van der Waals surface area (Å²) in [4.78, 5) is 15.8. The molecule has 29 heavy (non-hydrogen) atoms. The topological polar surface area (TPSA) is 87.0 Å². The summed E-state index contributed by atoms with van der Waals surface area (Å²) < 4.78 is 43.4. The van der Waals surface area contributed by atoms with E-state index in [1.807, 2.05) is 0 Å². The highest BCUT2D eigenvalue weighted by Crippen LogP contribution is 2.58. The van der Waals surface area contributed by atoms with E-state index in [2.05, 4.69) is 21.7 Å². The van der Waals surface area contributed by atoms with Gasteiger partial charge in [-0.1, -0.05) is 0 Å². The number of nitrogens with one attached hydrogen (secondary N) is 2. The fraction of sp³-hybridized carbons (Fsp3) is 0.650. The van der Waals surface area contributed by atoms with E-state index in [1.54, 1.807) is 6.20 Å². The van der Waals surface area contributed by atoms with Crippen molar-refractivity contribution in [3.8, 4) is 6.07 Å². The van der Waals surface area contributed by atoms with Crippen LogP contribution < -0.4 is 10.6 Å². The number of esters is 1. The molecule has 1 aromatic heterocycles. The van der Waals surface area contributed by atoms with E-state index in [0.29, 0.717) is 24.8 Å². The Morgan fingerprint density at radius 2 is 2.03 bits per heavy atom. The molecule has 6 nitrogen and oxygen atoms in total.